The average molecular weight is 375 g/mol. The topological polar surface area (TPSA) is 97.3 Å². The molecule has 7 heteroatoms. The van der Waals surface area contributed by atoms with Gasteiger partial charge in [0.2, 0.25) is 0 Å². The second kappa shape index (κ2) is 11.2. The molecule has 0 aromatic heterocycles. The zero-order valence-electron chi connectivity index (χ0n) is 15.2. The first-order valence-corrected chi connectivity index (χ1v) is 8.62. The van der Waals surface area contributed by atoms with E-state index in [1.54, 1.807) is 31.4 Å². The lowest BCUT2D eigenvalue weighted by Gasteiger charge is -2.19. The summed E-state index contributed by atoms with van der Waals surface area (Å²) >= 11 is 0. The van der Waals surface area contributed by atoms with Crippen LogP contribution in [0.3, 0.4) is 0 Å². The predicted octanol–water partition coefficient (Wildman–Crippen LogP) is 2.03. The van der Waals surface area contributed by atoms with Crippen molar-refractivity contribution < 1.29 is 29.2 Å². The van der Waals surface area contributed by atoms with Crippen molar-refractivity contribution >= 4 is 6.09 Å². The molecule has 2 unspecified atom stereocenters. The minimum Gasteiger partial charge on any atom is -0.491 e. The molecule has 2 aromatic rings. The van der Waals surface area contributed by atoms with E-state index in [2.05, 4.69) is 5.32 Å². The second-order valence-electron chi connectivity index (χ2n) is 5.87. The molecule has 0 aliphatic rings. The molecule has 7 nitrogen and oxygen atoms in total. The maximum atomic E-state index is 11.7. The van der Waals surface area contributed by atoms with Crippen LogP contribution in [-0.2, 0) is 16.1 Å². The van der Waals surface area contributed by atoms with Gasteiger partial charge in [0.1, 0.15) is 31.2 Å². The highest BCUT2D eigenvalue weighted by atomic mass is 16.5. The van der Waals surface area contributed by atoms with Gasteiger partial charge < -0.3 is 29.7 Å². The maximum Gasteiger partial charge on any atom is 0.407 e. The summed E-state index contributed by atoms with van der Waals surface area (Å²) in [6.45, 7) is 0.905. The SMILES string of the molecule is COCCOc1ccc(C(O)C(O)CNC(=O)OCc2ccccc2)cc1. The molecular weight excluding hydrogens is 350 g/mol. The van der Waals surface area contributed by atoms with Crippen LogP contribution in [0.2, 0.25) is 0 Å². The normalized spacial score (nSPS) is 12.9. The van der Waals surface area contributed by atoms with E-state index in [9.17, 15) is 15.0 Å². The number of aliphatic hydroxyl groups excluding tert-OH is 2. The van der Waals surface area contributed by atoms with E-state index < -0.39 is 18.3 Å². The number of nitrogens with one attached hydrogen (secondary N) is 1. The number of methoxy groups -OCH3 is 1. The molecule has 27 heavy (non-hydrogen) atoms. The van der Waals surface area contributed by atoms with Crippen LogP contribution in [0.25, 0.3) is 0 Å². The number of benzene rings is 2. The van der Waals surface area contributed by atoms with Gasteiger partial charge in [-0.25, -0.2) is 4.79 Å². The van der Waals surface area contributed by atoms with Crippen LogP contribution in [0.4, 0.5) is 4.79 Å². The molecule has 0 radical (unpaired) electrons. The zero-order chi connectivity index (χ0) is 19.5. The summed E-state index contributed by atoms with van der Waals surface area (Å²) in [5, 5.41) is 22.7. The molecule has 0 saturated heterocycles. The lowest BCUT2D eigenvalue weighted by Crippen LogP contribution is -2.35. The summed E-state index contributed by atoms with van der Waals surface area (Å²) in [5.74, 6) is 0.639. The maximum absolute atomic E-state index is 11.7. The number of rotatable bonds is 10. The monoisotopic (exact) mass is 375 g/mol. The number of ether oxygens (including phenoxy) is 3. The Morgan fingerprint density at radius 1 is 1.04 bits per heavy atom. The molecule has 0 heterocycles. The third-order valence-corrected chi connectivity index (χ3v) is 3.81. The molecule has 0 bridgehead atoms. The fourth-order valence-corrected chi connectivity index (χ4v) is 2.30. The van der Waals surface area contributed by atoms with Gasteiger partial charge in [0, 0.05) is 13.7 Å². The number of carbonyl (C=O) groups excluding carboxylic acids is 1. The van der Waals surface area contributed by atoms with Gasteiger partial charge in [-0.05, 0) is 23.3 Å². The van der Waals surface area contributed by atoms with Crippen molar-refractivity contribution in [3.8, 4) is 5.75 Å². The summed E-state index contributed by atoms with van der Waals surface area (Å²) in [4.78, 5) is 11.7. The first-order valence-electron chi connectivity index (χ1n) is 8.62. The summed E-state index contributed by atoms with van der Waals surface area (Å²) in [6, 6.07) is 16.0. The minimum atomic E-state index is -1.17. The number of amides is 1. The number of aliphatic hydroxyl groups is 2. The second-order valence-corrected chi connectivity index (χ2v) is 5.87. The molecule has 1 amide bonds. The Morgan fingerprint density at radius 2 is 1.74 bits per heavy atom. The van der Waals surface area contributed by atoms with Crippen molar-refractivity contribution in [2.45, 2.75) is 18.8 Å². The first kappa shape index (κ1) is 20.7. The molecular formula is C20H25NO6. The molecule has 0 spiro atoms. The number of hydrogen-bond acceptors (Lipinski definition) is 6. The Hall–Kier alpha value is -2.61. The van der Waals surface area contributed by atoms with Gasteiger partial charge in [0.05, 0.1) is 6.61 Å². The highest BCUT2D eigenvalue weighted by Gasteiger charge is 2.19. The van der Waals surface area contributed by atoms with Crippen LogP contribution in [0.15, 0.2) is 54.6 Å². The lowest BCUT2D eigenvalue weighted by molar-refractivity contribution is 0.0183. The van der Waals surface area contributed by atoms with E-state index in [1.807, 2.05) is 30.3 Å². The van der Waals surface area contributed by atoms with E-state index in [4.69, 9.17) is 14.2 Å². The van der Waals surface area contributed by atoms with Crippen LogP contribution in [0.1, 0.15) is 17.2 Å². The van der Waals surface area contributed by atoms with Gasteiger partial charge in [-0.15, -0.1) is 0 Å². The Labute approximate surface area is 158 Å². The highest BCUT2D eigenvalue weighted by molar-refractivity contribution is 5.67. The van der Waals surface area contributed by atoms with Gasteiger partial charge in [-0.2, -0.15) is 0 Å². The van der Waals surface area contributed by atoms with Gasteiger partial charge in [0.15, 0.2) is 0 Å². The zero-order valence-corrected chi connectivity index (χ0v) is 15.2. The molecule has 0 aliphatic heterocycles. The lowest BCUT2D eigenvalue weighted by atomic mass is 10.0. The van der Waals surface area contributed by atoms with E-state index >= 15 is 0 Å². The highest BCUT2D eigenvalue weighted by Crippen LogP contribution is 2.20. The Kier molecular flexibility index (Phi) is 8.57. The first-order chi connectivity index (χ1) is 13.1. The number of hydrogen-bond donors (Lipinski definition) is 3. The molecule has 2 rings (SSSR count). The van der Waals surface area contributed by atoms with Crippen molar-refractivity contribution in [2.75, 3.05) is 26.9 Å². The standard InChI is InChI=1S/C20H25NO6/c1-25-11-12-26-17-9-7-16(8-10-17)19(23)18(22)13-21-20(24)27-14-15-5-3-2-4-6-15/h2-10,18-19,22-23H,11-14H2,1H3,(H,21,24). The minimum absolute atomic E-state index is 0.135. The van der Waals surface area contributed by atoms with Crippen molar-refractivity contribution in [1.29, 1.82) is 0 Å². The molecule has 0 fully saturated rings. The van der Waals surface area contributed by atoms with Crippen molar-refractivity contribution in [3.63, 3.8) is 0 Å². The van der Waals surface area contributed by atoms with Gasteiger partial charge in [-0.3, -0.25) is 0 Å². The number of carbonyl (C=O) groups is 1. The van der Waals surface area contributed by atoms with Gasteiger partial charge in [0.25, 0.3) is 0 Å². The van der Waals surface area contributed by atoms with E-state index in [0.29, 0.717) is 24.5 Å². The van der Waals surface area contributed by atoms with Crippen LogP contribution in [0, 0.1) is 0 Å². The van der Waals surface area contributed by atoms with Crippen LogP contribution < -0.4 is 10.1 Å². The Bertz CT molecular complexity index is 677. The van der Waals surface area contributed by atoms with Crippen molar-refractivity contribution in [2.24, 2.45) is 0 Å². The van der Waals surface area contributed by atoms with Crippen molar-refractivity contribution in [1.82, 2.24) is 5.32 Å². The van der Waals surface area contributed by atoms with Gasteiger partial charge in [-0.1, -0.05) is 42.5 Å². The van der Waals surface area contributed by atoms with E-state index in [1.165, 1.54) is 0 Å². The molecule has 2 atom stereocenters. The largest absolute Gasteiger partial charge is 0.491 e. The third kappa shape index (κ3) is 7.26. The fourth-order valence-electron chi connectivity index (χ4n) is 2.30. The molecule has 0 saturated carbocycles. The summed E-state index contributed by atoms with van der Waals surface area (Å²) in [7, 11) is 1.59. The van der Waals surface area contributed by atoms with E-state index in [0.717, 1.165) is 5.56 Å². The summed E-state index contributed by atoms with van der Waals surface area (Å²) in [5.41, 5.74) is 1.38. The summed E-state index contributed by atoms with van der Waals surface area (Å²) < 4.78 is 15.4. The van der Waals surface area contributed by atoms with E-state index in [-0.39, 0.29) is 13.2 Å². The fraction of sp³-hybridized carbons (Fsp3) is 0.350. The van der Waals surface area contributed by atoms with Gasteiger partial charge >= 0.3 is 6.09 Å². The van der Waals surface area contributed by atoms with Crippen LogP contribution >= 0.6 is 0 Å². The molecule has 0 aliphatic carbocycles. The predicted molar refractivity (Wildman–Crippen MR) is 99.4 cm³/mol. The summed E-state index contributed by atoms with van der Waals surface area (Å²) in [6.07, 6.45) is -2.98. The smallest absolute Gasteiger partial charge is 0.407 e. The third-order valence-electron chi connectivity index (χ3n) is 3.81. The van der Waals surface area contributed by atoms with Crippen LogP contribution in [-0.4, -0.2) is 49.3 Å². The molecule has 146 valence electrons. The van der Waals surface area contributed by atoms with Crippen LogP contribution in [0.5, 0.6) is 5.75 Å². The molecule has 3 N–H and O–H groups in total. The average Bonchev–Trinajstić information content (AvgIpc) is 2.71. The quantitative estimate of drug-likeness (QED) is 0.550. The Balaban J connectivity index is 1.74. The molecule has 2 aromatic carbocycles. The Morgan fingerprint density at radius 3 is 2.41 bits per heavy atom. The number of alkyl carbamates (subject to hydrolysis) is 1. The van der Waals surface area contributed by atoms with Crippen molar-refractivity contribution in [3.05, 3.63) is 65.7 Å².